The molecule has 0 spiro atoms. The standard InChI is InChI=1S/C14H25NO11/c1-4(18)15-7-10(21)8(19)6(3-17)25-14(7)26-12-11(22)9(20)5(2-16)24-13(12)23/h5-14,16-17,19-23H,2-3H2,1H3,(H,15,18)/t5?,6?,7-,8-,9+,10-,11+,12-,13-,14+/m1/s1. The van der Waals surface area contributed by atoms with Crippen LogP contribution >= 0.6 is 0 Å². The highest BCUT2D eigenvalue weighted by Gasteiger charge is 2.50. The minimum absolute atomic E-state index is 0.581. The molecule has 10 atom stereocenters. The van der Waals surface area contributed by atoms with E-state index in [9.17, 15) is 35.4 Å². The number of carbonyl (C=O) groups is 1. The lowest BCUT2D eigenvalue weighted by atomic mass is 9.96. The van der Waals surface area contributed by atoms with Gasteiger partial charge in [0.1, 0.15) is 48.8 Å². The van der Waals surface area contributed by atoms with Gasteiger partial charge in [-0.05, 0) is 0 Å². The first kappa shape index (κ1) is 21.4. The normalized spacial score (nSPS) is 46.8. The first-order valence-electron chi connectivity index (χ1n) is 8.06. The van der Waals surface area contributed by atoms with Crippen molar-refractivity contribution >= 4 is 5.91 Å². The molecular weight excluding hydrogens is 358 g/mol. The molecule has 0 aromatic heterocycles. The molecule has 0 aromatic rings. The molecule has 0 radical (unpaired) electrons. The summed E-state index contributed by atoms with van der Waals surface area (Å²) in [4.78, 5) is 11.4. The minimum atomic E-state index is -1.76. The third kappa shape index (κ3) is 4.31. The Labute approximate surface area is 148 Å². The van der Waals surface area contributed by atoms with Gasteiger partial charge < -0.3 is 55.3 Å². The summed E-state index contributed by atoms with van der Waals surface area (Å²) in [6.45, 7) is -0.183. The Hall–Kier alpha value is -0.930. The predicted molar refractivity (Wildman–Crippen MR) is 80.2 cm³/mol. The number of nitrogens with one attached hydrogen (secondary N) is 1. The molecule has 0 saturated carbocycles. The van der Waals surface area contributed by atoms with Crippen molar-refractivity contribution in [2.75, 3.05) is 13.2 Å². The molecule has 1 amide bonds. The molecule has 26 heavy (non-hydrogen) atoms. The van der Waals surface area contributed by atoms with Crippen molar-refractivity contribution in [3.05, 3.63) is 0 Å². The van der Waals surface area contributed by atoms with Gasteiger partial charge in [-0.1, -0.05) is 0 Å². The maximum Gasteiger partial charge on any atom is 0.217 e. The summed E-state index contributed by atoms with van der Waals surface area (Å²) >= 11 is 0. The number of rotatable bonds is 5. The molecule has 0 aromatic carbocycles. The zero-order chi connectivity index (χ0) is 19.6. The van der Waals surface area contributed by atoms with Crippen molar-refractivity contribution in [1.29, 1.82) is 0 Å². The van der Waals surface area contributed by atoms with Crippen LogP contribution in [0, 0.1) is 0 Å². The number of amides is 1. The fraction of sp³-hybridized carbons (Fsp3) is 0.929. The van der Waals surface area contributed by atoms with E-state index in [1.807, 2.05) is 0 Å². The molecule has 2 fully saturated rings. The molecule has 8 N–H and O–H groups in total. The molecule has 2 heterocycles. The second kappa shape index (κ2) is 8.84. The Morgan fingerprint density at radius 1 is 0.923 bits per heavy atom. The Bertz CT molecular complexity index is 480. The molecule has 2 unspecified atom stereocenters. The van der Waals surface area contributed by atoms with E-state index in [0.717, 1.165) is 6.92 Å². The van der Waals surface area contributed by atoms with Gasteiger partial charge in [0.25, 0.3) is 0 Å². The maximum atomic E-state index is 11.4. The number of hydrogen-bond donors (Lipinski definition) is 8. The smallest absolute Gasteiger partial charge is 0.217 e. The van der Waals surface area contributed by atoms with E-state index in [0.29, 0.717) is 0 Å². The first-order valence-corrected chi connectivity index (χ1v) is 8.06. The Kier molecular flexibility index (Phi) is 7.27. The Morgan fingerprint density at radius 3 is 2.00 bits per heavy atom. The molecule has 2 saturated heterocycles. The van der Waals surface area contributed by atoms with Crippen LogP contribution in [0.25, 0.3) is 0 Å². The lowest BCUT2D eigenvalue weighted by molar-refractivity contribution is -0.348. The fourth-order valence-electron chi connectivity index (χ4n) is 2.96. The highest BCUT2D eigenvalue weighted by molar-refractivity contribution is 5.73. The van der Waals surface area contributed by atoms with Crippen LogP contribution in [0.5, 0.6) is 0 Å². The summed E-state index contributed by atoms with van der Waals surface area (Å²) < 4.78 is 15.7. The lowest BCUT2D eigenvalue weighted by Gasteiger charge is -2.46. The predicted octanol–water partition coefficient (Wildman–Crippen LogP) is -5.25. The van der Waals surface area contributed by atoms with Crippen LogP contribution in [-0.2, 0) is 19.0 Å². The first-order chi connectivity index (χ1) is 12.2. The summed E-state index contributed by atoms with van der Waals surface area (Å²) in [6, 6.07) is -1.29. The largest absolute Gasteiger partial charge is 0.394 e. The summed E-state index contributed by atoms with van der Waals surface area (Å²) in [7, 11) is 0. The van der Waals surface area contributed by atoms with E-state index < -0.39 is 80.5 Å². The summed E-state index contributed by atoms with van der Waals surface area (Å²) in [5, 5.41) is 70.7. The van der Waals surface area contributed by atoms with E-state index in [4.69, 9.17) is 19.3 Å². The SMILES string of the molecule is CC(=O)N[C@H]1[C@H](O[C@@H]2[C@@H](O)[C@@H](O)C(CO)O[C@H]2O)OC(CO)[C@@H](O)[C@@H]1O. The number of aliphatic hydroxyl groups excluding tert-OH is 7. The second-order valence-electron chi connectivity index (χ2n) is 6.26. The van der Waals surface area contributed by atoms with Crippen molar-refractivity contribution in [2.24, 2.45) is 0 Å². The summed E-state index contributed by atoms with van der Waals surface area (Å²) in [5.41, 5.74) is 0. The van der Waals surface area contributed by atoms with Gasteiger partial charge in [-0.3, -0.25) is 4.79 Å². The Balaban J connectivity index is 2.18. The van der Waals surface area contributed by atoms with E-state index >= 15 is 0 Å². The van der Waals surface area contributed by atoms with Crippen LogP contribution in [0.15, 0.2) is 0 Å². The van der Waals surface area contributed by atoms with Gasteiger partial charge >= 0.3 is 0 Å². The number of hydrogen-bond acceptors (Lipinski definition) is 11. The van der Waals surface area contributed by atoms with E-state index in [-0.39, 0.29) is 0 Å². The van der Waals surface area contributed by atoms with Crippen molar-refractivity contribution in [2.45, 2.75) is 68.3 Å². The molecule has 0 aliphatic carbocycles. The number of aliphatic hydroxyl groups is 7. The highest BCUT2D eigenvalue weighted by Crippen LogP contribution is 2.28. The van der Waals surface area contributed by atoms with Crippen LogP contribution in [0.1, 0.15) is 6.92 Å². The van der Waals surface area contributed by atoms with E-state index in [1.54, 1.807) is 0 Å². The van der Waals surface area contributed by atoms with Crippen LogP contribution in [-0.4, -0.2) is 116 Å². The molecule has 2 aliphatic rings. The van der Waals surface area contributed by atoms with Crippen molar-refractivity contribution in [3.8, 4) is 0 Å². The van der Waals surface area contributed by atoms with Gasteiger partial charge in [0.2, 0.25) is 5.91 Å². The van der Waals surface area contributed by atoms with Crippen LogP contribution in [0.2, 0.25) is 0 Å². The van der Waals surface area contributed by atoms with Crippen molar-refractivity contribution in [3.63, 3.8) is 0 Å². The number of carbonyl (C=O) groups excluding carboxylic acids is 1. The molecule has 12 nitrogen and oxygen atoms in total. The quantitative estimate of drug-likeness (QED) is 0.226. The maximum absolute atomic E-state index is 11.4. The molecule has 2 rings (SSSR count). The molecular formula is C14H25NO11. The summed E-state index contributed by atoms with van der Waals surface area (Å²) in [5.74, 6) is -0.581. The van der Waals surface area contributed by atoms with Crippen LogP contribution < -0.4 is 5.32 Å². The molecule has 12 heteroatoms. The monoisotopic (exact) mass is 383 g/mol. The van der Waals surface area contributed by atoms with Gasteiger partial charge in [-0.25, -0.2) is 0 Å². The van der Waals surface area contributed by atoms with E-state index in [2.05, 4.69) is 5.32 Å². The molecule has 152 valence electrons. The average molecular weight is 383 g/mol. The van der Waals surface area contributed by atoms with E-state index in [1.165, 1.54) is 0 Å². The minimum Gasteiger partial charge on any atom is -0.394 e. The fourth-order valence-corrected chi connectivity index (χ4v) is 2.96. The van der Waals surface area contributed by atoms with Gasteiger partial charge in [0, 0.05) is 6.92 Å². The third-order valence-corrected chi connectivity index (χ3v) is 4.38. The zero-order valence-electron chi connectivity index (χ0n) is 14.0. The van der Waals surface area contributed by atoms with Crippen molar-refractivity contribution < 1.29 is 54.8 Å². The number of ether oxygens (including phenoxy) is 3. The van der Waals surface area contributed by atoms with Crippen molar-refractivity contribution in [1.82, 2.24) is 5.32 Å². The Morgan fingerprint density at radius 2 is 1.46 bits per heavy atom. The van der Waals surface area contributed by atoms with Gasteiger partial charge in [-0.15, -0.1) is 0 Å². The average Bonchev–Trinajstić information content (AvgIpc) is 2.60. The highest BCUT2D eigenvalue weighted by atomic mass is 16.7. The van der Waals surface area contributed by atoms with Gasteiger partial charge in [0.05, 0.1) is 13.2 Å². The topological polar surface area (TPSA) is 198 Å². The molecule has 0 bridgehead atoms. The van der Waals surface area contributed by atoms with Gasteiger partial charge in [-0.2, -0.15) is 0 Å². The zero-order valence-corrected chi connectivity index (χ0v) is 14.0. The summed E-state index contributed by atoms with van der Waals surface area (Å²) in [6.07, 6.45) is -13.7. The lowest BCUT2D eigenvalue weighted by Crippen LogP contribution is -2.67. The van der Waals surface area contributed by atoms with Gasteiger partial charge in [0.15, 0.2) is 12.6 Å². The third-order valence-electron chi connectivity index (χ3n) is 4.38. The molecule has 2 aliphatic heterocycles. The van der Waals surface area contributed by atoms with Crippen LogP contribution in [0.4, 0.5) is 0 Å². The van der Waals surface area contributed by atoms with Crippen LogP contribution in [0.3, 0.4) is 0 Å². The second-order valence-corrected chi connectivity index (χ2v) is 6.26.